The van der Waals surface area contributed by atoms with E-state index in [1.807, 2.05) is 30.3 Å². The minimum atomic E-state index is -3.77. The van der Waals surface area contributed by atoms with Gasteiger partial charge in [-0.15, -0.1) is 0 Å². The van der Waals surface area contributed by atoms with Crippen LogP contribution >= 0.6 is 0 Å². The van der Waals surface area contributed by atoms with Crippen molar-refractivity contribution < 1.29 is 8.42 Å². The lowest BCUT2D eigenvalue weighted by Crippen LogP contribution is -2.44. The number of hydrogen-bond donors (Lipinski definition) is 0. The Labute approximate surface area is 158 Å². The molecule has 0 radical (unpaired) electrons. The van der Waals surface area contributed by atoms with Gasteiger partial charge in [-0.2, -0.15) is 5.26 Å². The smallest absolute Gasteiger partial charge is 0.268 e. The normalized spacial score (nSPS) is 15.8. The minimum absolute atomic E-state index is 0.115. The molecule has 1 saturated heterocycles. The van der Waals surface area contributed by atoms with E-state index in [9.17, 15) is 8.42 Å². The molecule has 138 valence electrons. The minimum Gasteiger partial charge on any atom is -0.368 e. The summed E-state index contributed by atoms with van der Waals surface area (Å²) in [5.41, 5.74) is 2.03. The maximum Gasteiger partial charge on any atom is 0.268 e. The van der Waals surface area contributed by atoms with Crippen molar-refractivity contribution in [3.63, 3.8) is 0 Å². The van der Waals surface area contributed by atoms with Crippen LogP contribution in [0.3, 0.4) is 0 Å². The molecule has 3 aromatic rings. The molecular weight excluding hydrogens is 360 g/mol. The molecule has 0 N–H and O–H groups in total. The van der Waals surface area contributed by atoms with Gasteiger partial charge in [0.15, 0.2) is 0 Å². The average molecular weight is 380 g/mol. The lowest BCUT2D eigenvalue weighted by atomic mass is 10.2. The Morgan fingerprint density at radius 3 is 2.48 bits per heavy atom. The molecule has 1 aliphatic heterocycles. The second-order valence-corrected chi connectivity index (χ2v) is 8.57. The lowest BCUT2D eigenvalue weighted by molar-refractivity contribution is 0.313. The third kappa shape index (κ3) is 3.07. The first-order chi connectivity index (χ1) is 13.0. The van der Waals surface area contributed by atoms with E-state index >= 15 is 0 Å². The molecule has 4 rings (SSSR count). The van der Waals surface area contributed by atoms with Crippen LogP contribution in [0, 0.1) is 11.3 Å². The second-order valence-electron chi connectivity index (χ2n) is 6.76. The molecule has 27 heavy (non-hydrogen) atoms. The van der Waals surface area contributed by atoms with Crippen LogP contribution in [0.4, 0.5) is 5.69 Å². The van der Waals surface area contributed by atoms with Gasteiger partial charge in [-0.25, -0.2) is 12.4 Å². The summed E-state index contributed by atoms with van der Waals surface area (Å²) < 4.78 is 27.6. The van der Waals surface area contributed by atoms with Crippen LogP contribution in [0.1, 0.15) is 5.56 Å². The van der Waals surface area contributed by atoms with Crippen molar-refractivity contribution in [2.24, 2.45) is 0 Å². The van der Waals surface area contributed by atoms with Gasteiger partial charge >= 0.3 is 0 Å². The number of fused-ring (bicyclic) bond motifs is 1. The van der Waals surface area contributed by atoms with Gasteiger partial charge < -0.3 is 9.80 Å². The summed E-state index contributed by atoms with van der Waals surface area (Å²) in [6.07, 6.45) is 1.60. The zero-order chi connectivity index (χ0) is 19.0. The summed E-state index contributed by atoms with van der Waals surface area (Å²) in [7, 11) is -1.66. The molecule has 0 spiro atoms. The monoisotopic (exact) mass is 380 g/mol. The standard InChI is InChI=1S/C20H20N4O2S/c1-22-10-12-23(13-11-22)19-6-3-7-20-18(19)8-9-24(20)27(25,26)17-5-2-4-16(14-17)15-21/h2-9,14H,10-13H2,1H3. The Balaban J connectivity index is 1.80. The number of aromatic nitrogens is 1. The van der Waals surface area contributed by atoms with E-state index < -0.39 is 10.0 Å². The van der Waals surface area contributed by atoms with E-state index in [0.717, 1.165) is 37.3 Å². The fourth-order valence-electron chi connectivity index (χ4n) is 3.50. The van der Waals surface area contributed by atoms with Crippen molar-refractivity contribution in [2.75, 3.05) is 38.1 Å². The van der Waals surface area contributed by atoms with Gasteiger partial charge in [-0.05, 0) is 43.4 Å². The van der Waals surface area contributed by atoms with Crippen molar-refractivity contribution in [1.29, 1.82) is 5.26 Å². The summed E-state index contributed by atoms with van der Waals surface area (Å²) >= 11 is 0. The van der Waals surface area contributed by atoms with E-state index in [-0.39, 0.29) is 4.90 Å². The topological polar surface area (TPSA) is 69.3 Å². The zero-order valence-electron chi connectivity index (χ0n) is 15.0. The molecular formula is C20H20N4O2S. The Bertz CT molecular complexity index is 1140. The predicted molar refractivity (Wildman–Crippen MR) is 105 cm³/mol. The zero-order valence-corrected chi connectivity index (χ0v) is 15.9. The van der Waals surface area contributed by atoms with Gasteiger partial charge in [0.2, 0.25) is 0 Å². The lowest BCUT2D eigenvalue weighted by Gasteiger charge is -2.34. The van der Waals surface area contributed by atoms with Crippen LogP contribution in [-0.2, 0) is 10.0 Å². The summed E-state index contributed by atoms with van der Waals surface area (Å²) in [4.78, 5) is 4.70. The summed E-state index contributed by atoms with van der Waals surface area (Å²) in [5, 5.41) is 9.99. The van der Waals surface area contributed by atoms with Gasteiger partial charge in [-0.3, -0.25) is 0 Å². The SMILES string of the molecule is CN1CCN(c2cccc3c2ccn3S(=O)(=O)c2cccc(C#N)c2)CC1. The average Bonchev–Trinajstić information content (AvgIpc) is 3.14. The maximum atomic E-state index is 13.1. The number of rotatable bonds is 3. The number of anilines is 1. The van der Waals surface area contributed by atoms with Gasteiger partial charge in [0.25, 0.3) is 10.0 Å². The number of piperazine rings is 1. The fourth-order valence-corrected chi connectivity index (χ4v) is 4.89. The molecule has 1 aliphatic rings. The first-order valence-electron chi connectivity index (χ1n) is 8.80. The molecule has 0 aliphatic carbocycles. The van der Waals surface area contributed by atoms with Crippen LogP contribution in [-0.4, -0.2) is 50.5 Å². The molecule has 0 unspecified atom stereocenters. The molecule has 0 atom stereocenters. The van der Waals surface area contributed by atoms with Crippen LogP contribution in [0.5, 0.6) is 0 Å². The van der Waals surface area contributed by atoms with Crippen LogP contribution in [0.15, 0.2) is 59.6 Å². The predicted octanol–water partition coefficient (Wildman–Crippen LogP) is 2.50. The molecule has 0 amide bonds. The van der Waals surface area contributed by atoms with Crippen LogP contribution < -0.4 is 4.90 Å². The molecule has 1 aromatic heterocycles. The summed E-state index contributed by atoms with van der Waals surface area (Å²) in [6.45, 7) is 3.79. The molecule has 2 aromatic carbocycles. The Kier molecular flexibility index (Phi) is 4.38. The van der Waals surface area contributed by atoms with Crippen LogP contribution in [0.25, 0.3) is 10.9 Å². The van der Waals surface area contributed by atoms with E-state index in [4.69, 9.17) is 5.26 Å². The highest BCUT2D eigenvalue weighted by Gasteiger charge is 2.22. The highest BCUT2D eigenvalue weighted by Crippen LogP contribution is 2.30. The van der Waals surface area contributed by atoms with Crippen LogP contribution in [0.2, 0.25) is 0 Å². The largest absolute Gasteiger partial charge is 0.368 e. The summed E-state index contributed by atoms with van der Waals surface area (Å²) in [6, 6.07) is 15.7. The fraction of sp³-hybridized carbons (Fsp3) is 0.250. The number of hydrogen-bond acceptors (Lipinski definition) is 5. The Morgan fingerprint density at radius 1 is 1.00 bits per heavy atom. The highest BCUT2D eigenvalue weighted by atomic mass is 32.2. The second kappa shape index (κ2) is 6.72. The van der Waals surface area contributed by atoms with E-state index in [2.05, 4.69) is 16.8 Å². The van der Waals surface area contributed by atoms with E-state index in [1.165, 1.54) is 16.1 Å². The Hall–Kier alpha value is -2.82. The van der Waals surface area contributed by atoms with Gasteiger partial charge in [0.1, 0.15) is 0 Å². The molecule has 2 heterocycles. The maximum absolute atomic E-state index is 13.1. The third-order valence-corrected chi connectivity index (χ3v) is 6.72. The van der Waals surface area contributed by atoms with Crippen molar-refractivity contribution in [3.8, 4) is 6.07 Å². The molecule has 0 saturated carbocycles. The number of benzene rings is 2. The van der Waals surface area contributed by atoms with Crippen molar-refractivity contribution in [2.45, 2.75) is 4.90 Å². The number of nitriles is 1. The summed E-state index contributed by atoms with van der Waals surface area (Å²) in [5.74, 6) is 0. The van der Waals surface area contributed by atoms with Crippen molar-refractivity contribution in [1.82, 2.24) is 8.87 Å². The molecule has 6 nitrogen and oxygen atoms in total. The quantitative estimate of drug-likeness (QED) is 0.698. The number of nitrogens with zero attached hydrogens (tertiary/aromatic N) is 4. The van der Waals surface area contributed by atoms with Gasteiger partial charge in [0.05, 0.1) is 22.0 Å². The van der Waals surface area contributed by atoms with Crippen molar-refractivity contribution in [3.05, 3.63) is 60.3 Å². The highest BCUT2D eigenvalue weighted by molar-refractivity contribution is 7.90. The third-order valence-electron chi connectivity index (χ3n) is 5.04. The van der Waals surface area contributed by atoms with E-state index in [1.54, 1.807) is 18.3 Å². The van der Waals surface area contributed by atoms with Crippen molar-refractivity contribution >= 4 is 26.6 Å². The van der Waals surface area contributed by atoms with Gasteiger partial charge in [-0.1, -0.05) is 12.1 Å². The first-order valence-corrected chi connectivity index (χ1v) is 10.2. The molecule has 0 bridgehead atoms. The Morgan fingerprint density at radius 2 is 1.74 bits per heavy atom. The van der Waals surface area contributed by atoms with E-state index in [0.29, 0.717) is 11.1 Å². The molecule has 7 heteroatoms. The first kappa shape index (κ1) is 17.6. The van der Waals surface area contributed by atoms with Gasteiger partial charge in [0, 0.05) is 43.4 Å². The molecule has 1 fully saturated rings. The number of likely N-dealkylation sites (N-methyl/N-ethyl adjacent to an activating group) is 1.